The van der Waals surface area contributed by atoms with Gasteiger partial charge in [-0.1, -0.05) is 224 Å². The molecule has 0 spiro atoms. The minimum Gasteiger partial charge on any atom is -0.311 e. The van der Waals surface area contributed by atoms with Crippen LogP contribution in [0.25, 0.3) is 120 Å². The van der Waals surface area contributed by atoms with Crippen LogP contribution in [0.3, 0.4) is 0 Å². The normalized spacial score (nSPS) is 11.9. The number of fused-ring (bicyclic) bond motifs is 6. The molecule has 0 aromatic heterocycles. The molecule has 0 fully saturated rings. The smallest absolute Gasteiger partial charge is 0.0467 e. The molecule has 0 radical (unpaired) electrons. The van der Waals surface area contributed by atoms with Crippen molar-refractivity contribution in [3.63, 3.8) is 0 Å². The van der Waals surface area contributed by atoms with Crippen LogP contribution in [-0.2, 0) is 0 Å². The Morgan fingerprint density at radius 2 is 0.733 bits per heavy atom. The van der Waals surface area contributed by atoms with E-state index in [0.717, 1.165) is 23.5 Å². The van der Waals surface area contributed by atoms with Gasteiger partial charge in [-0.25, -0.2) is 0 Å². The summed E-state index contributed by atoms with van der Waals surface area (Å²) in [5.41, 5.74) is 15.4. The predicted molar refractivity (Wildman–Crippen MR) is 325 cm³/mol. The van der Waals surface area contributed by atoms with E-state index in [2.05, 4.69) is 291 Å². The third kappa shape index (κ3) is 8.16. The molecule has 354 valence electrons. The first-order chi connectivity index (χ1) is 37.1. The molecular formula is C74H53N. The SMILES string of the molecule is C=CC/C=C(\C=C/C)N(c1ccccc1)c1cccc(-c2c3ccccc3c(-c3cccc(-c4ccc5c(-c6ccc7ccccc7c6)c6ccccc6c(-c6ccc7ccccc7c6)c5c4)c3)c3ccccc23)c1. The van der Waals surface area contributed by atoms with Gasteiger partial charge in [-0.15, -0.1) is 6.58 Å². The molecule has 0 aliphatic rings. The van der Waals surface area contributed by atoms with Gasteiger partial charge in [0.15, 0.2) is 0 Å². The maximum Gasteiger partial charge on any atom is 0.0467 e. The first-order valence-electron chi connectivity index (χ1n) is 26.0. The molecule has 0 aliphatic heterocycles. The fraction of sp³-hybridized carbons (Fsp3) is 0.0270. The molecule has 0 aliphatic carbocycles. The van der Waals surface area contributed by atoms with Gasteiger partial charge in [0, 0.05) is 17.1 Å². The van der Waals surface area contributed by atoms with Crippen LogP contribution in [0.15, 0.2) is 291 Å². The Morgan fingerprint density at radius 1 is 0.333 bits per heavy atom. The summed E-state index contributed by atoms with van der Waals surface area (Å²) in [5.74, 6) is 0. The average Bonchev–Trinajstić information content (AvgIpc) is 3.47. The molecule has 0 N–H and O–H groups in total. The zero-order chi connectivity index (χ0) is 50.2. The van der Waals surface area contributed by atoms with Crippen LogP contribution >= 0.6 is 0 Å². The van der Waals surface area contributed by atoms with E-state index in [-0.39, 0.29) is 0 Å². The van der Waals surface area contributed by atoms with E-state index in [9.17, 15) is 0 Å². The Hall–Kier alpha value is -9.56. The highest BCUT2D eigenvalue weighted by atomic mass is 15.1. The van der Waals surface area contributed by atoms with Crippen molar-refractivity contribution >= 4 is 76.0 Å². The van der Waals surface area contributed by atoms with E-state index in [0.29, 0.717) is 0 Å². The van der Waals surface area contributed by atoms with Crippen LogP contribution in [0.1, 0.15) is 13.3 Å². The maximum absolute atomic E-state index is 4.03. The Bertz CT molecular complexity index is 4360. The first kappa shape index (κ1) is 45.3. The van der Waals surface area contributed by atoms with Gasteiger partial charge in [-0.05, 0) is 188 Å². The topological polar surface area (TPSA) is 3.24 Å². The van der Waals surface area contributed by atoms with Crippen molar-refractivity contribution in [3.05, 3.63) is 291 Å². The number of allylic oxidation sites excluding steroid dienone is 4. The average molecular weight is 956 g/mol. The number of rotatable bonds is 11. The lowest BCUT2D eigenvalue weighted by molar-refractivity contribution is 1.18. The molecule has 0 heterocycles. The zero-order valence-electron chi connectivity index (χ0n) is 41.9. The second-order valence-corrected chi connectivity index (χ2v) is 19.5. The van der Waals surface area contributed by atoms with E-state index < -0.39 is 0 Å². The van der Waals surface area contributed by atoms with Gasteiger partial charge in [0.1, 0.15) is 0 Å². The van der Waals surface area contributed by atoms with Crippen molar-refractivity contribution in [2.45, 2.75) is 13.3 Å². The quantitative estimate of drug-likeness (QED) is 0.0709. The highest BCUT2D eigenvalue weighted by molar-refractivity contribution is 6.24. The summed E-state index contributed by atoms with van der Waals surface area (Å²) in [4.78, 5) is 2.35. The molecular weight excluding hydrogens is 903 g/mol. The van der Waals surface area contributed by atoms with Crippen molar-refractivity contribution in [3.8, 4) is 55.6 Å². The second-order valence-electron chi connectivity index (χ2n) is 19.5. The molecule has 13 rings (SSSR count). The Labute approximate surface area is 438 Å². The van der Waals surface area contributed by atoms with E-state index in [1.807, 2.05) is 6.08 Å². The molecule has 1 nitrogen and oxygen atoms in total. The second kappa shape index (κ2) is 19.5. The number of anilines is 2. The third-order valence-corrected chi connectivity index (χ3v) is 15.0. The van der Waals surface area contributed by atoms with Gasteiger partial charge in [-0.2, -0.15) is 0 Å². The Kier molecular flexibility index (Phi) is 11.8. The predicted octanol–water partition coefficient (Wildman–Crippen LogP) is 21.1. The lowest BCUT2D eigenvalue weighted by Crippen LogP contribution is -2.15. The van der Waals surface area contributed by atoms with Crippen LogP contribution in [-0.4, -0.2) is 0 Å². The molecule has 0 bridgehead atoms. The van der Waals surface area contributed by atoms with Gasteiger partial charge in [-0.3, -0.25) is 0 Å². The van der Waals surface area contributed by atoms with Crippen molar-refractivity contribution in [2.75, 3.05) is 4.90 Å². The maximum atomic E-state index is 4.03. The minimum atomic E-state index is 0.762. The Balaban J connectivity index is 0.999. The van der Waals surface area contributed by atoms with Crippen LogP contribution in [0, 0.1) is 0 Å². The molecule has 13 aromatic carbocycles. The molecule has 0 saturated heterocycles. The molecule has 0 unspecified atom stereocenters. The van der Waals surface area contributed by atoms with Crippen molar-refractivity contribution in [1.29, 1.82) is 0 Å². The van der Waals surface area contributed by atoms with Gasteiger partial charge >= 0.3 is 0 Å². The van der Waals surface area contributed by atoms with E-state index in [4.69, 9.17) is 0 Å². The summed E-state index contributed by atoms with van der Waals surface area (Å²) >= 11 is 0. The highest BCUT2D eigenvalue weighted by Gasteiger charge is 2.21. The minimum absolute atomic E-state index is 0.762. The van der Waals surface area contributed by atoms with Gasteiger partial charge in [0.2, 0.25) is 0 Å². The van der Waals surface area contributed by atoms with Gasteiger partial charge in [0.25, 0.3) is 0 Å². The van der Waals surface area contributed by atoms with Crippen molar-refractivity contribution < 1.29 is 0 Å². The van der Waals surface area contributed by atoms with Crippen LogP contribution in [0.4, 0.5) is 11.4 Å². The van der Waals surface area contributed by atoms with Crippen LogP contribution < -0.4 is 4.90 Å². The lowest BCUT2D eigenvalue weighted by atomic mass is 9.83. The number of benzene rings is 13. The largest absolute Gasteiger partial charge is 0.311 e. The standard InChI is InChI=1S/C74H53N/c1-3-5-29-60(21-4-2)75(61-30-7-6-8-31-61)62-32-20-28-57(48-62)72-65-35-15-13-33-63(65)71(64-34-14-16-36-66(64)72)56-27-19-26-54(47-56)55-43-44-69-70(49-55)74(59-42-40-51-23-10-12-25-53(51)46-59)68-38-18-17-37-67(68)73(69)58-41-39-50-22-9-11-24-52(50)45-58/h3-4,6-49H,1,5H2,2H3/b21-4-,60-29+. The van der Waals surface area contributed by atoms with E-state index >= 15 is 0 Å². The summed E-state index contributed by atoms with van der Waals surface area (Å²) in [6.07, 6.45) is 9.25. The Morgan fingerprint density at radius 3 is 1.27 bits per heavy atom. The van der Waals surface area contributed by atoms with Gasteiger partial charge in [0.05, 0.1) is 0 Å². The molecule has 0 atom stereocenters. The number of para-hydroxylation sites is 1. The number of hydrogen-bond acceptors (Lipinski definition) is 1. The lowest BCUT2D eigenvalue weighted by Gasteiger charge is -2.27. The van der Waals surface area contributed by atoms with Crippen molar-refractivity contribution in [2.24, 2.45) is 0 Å². The molecule has 0 saturated carbocycles. The summed E-state index contributed by atoms with van der Waals surface area (Å²) in [6, 6.07) is 94.3. The number of nitrogens with zero attached hydrogens (tertiary/aromatic N) is 1. The summed E-state index contributed by atoms with van der Waals surface area (Å²) in [5, 5.41) is 14.8. The summed E-state index contributed by atoms with van der Waals surface area (Å²) in [6.45, 7) is 6.11. The monoisotopic (exact) mass is 955 g/mol. The summed E-state index contributed by atoms with van der Waals surface area (Å²) in [7, 11) is 0. The molecule has 13 aromatic rings. The van der Waals surface area contributed by atoms with Gasteiger partial charge < -0.3 is 4.90 Å². The fourth-order valence-electron chi connectivity index (χ4n) is 11.7. The number of hydrogen-bond donors (Lipinski definition) is 0. The zero-order valence-corrected chi connectivity index (χ0v) is 41.9. The van der Waals surface area contributed by atoms with E-state index in [1.165, 1.54) is 120 Å². The molecule has 1 heteroatoms. The molecule has 75 heavy (non-hydrogen) atoms. The third-order valence-electron chi connectivity index (χ3n) is 15.0. The van der Waals surface area contributed by atoms with Crippen molar-refractivity contribution in [1.82, 2.24) is 0 Å². The first-order valence-corrected chi connectivity index (χ1v) is 26.0. The van der Waals surface area contributed by atoms with Crippen LogP contribution in [0.2, 0.25) is 0 Å². The van der Waals surface area contributed by atoms with E-state index in [1.54, 1.807) is 0 Å². The fourth-order valence-corrected chi connectivity index (χ4v) is 11.7. The van der Waals surface area contributed by atoms with Crippen LogP contribution in [0.5, 0.6) is 0 Å². The molecule has 0 amide bonds. The summed E-state index contributed by atoms with van der Waals surface area (Å²) < 4.78 is 0. The highest BCUT2D eigenvalue weighted by Crippen LogP contribution is 2.48.